The molecule has 0 saturated carbocycles. The van der Waals surface area contributed by atoms with Crippen LogP contribution in [-0.2, 0) is 4.84 Å². The van der Waals surface area contributed by atoms with E-state index in [4.69, 9.17) is 14.7 Å². The summed E-state index contributed by atoms with van der Waals surface area (Å²) in [4.78, 5) is 5.67. The zero-order valence-electron chi connectivity index (χ0n) is 11.6. The SMILES string of the molecule is OCCCNOC1Oc2ccccc2C2=C1CCCC2. The maximum absolute atomic E-state index is 8.78. The molecule has 0 bridgehead atoms. The second-order valence-corrected chi connectivity index (χ2v) is 5.25. The van der Waals surface area contributed by atoms with Gasteiger partial charge in [-0.15, -0.1) is 0 Å². The van der Waals surface area contributed by atoms with Gasteiger partial charge >= 0.3 is 0 Å². The van der Waals surface area contributed by atoms with Gasteiger partial charge in [-0.2, -0.15) is 5.48 Å². The number of fused-ring (bicyclic) bond motifs is 2. The van der Waals surface area contributed by atoms with E-state index in [0.29, 0.717) is 13.0 Å². The van der Waals surface area contributed by atoms with Crippen LogP contribution in [0.3, 0.4) is 0 Å². The molecule has 0 spiro atoms. The number of rotatable bonds is 5. The Morgan fingerprint density at radius 1 is 1.25 bits per heavy atom. The predicted octanol–water partition coefficient (Wildman–Crippen LogP) is 2.64. The van der Waals surface area contributed by atoms with Crippen molar-refractivity contribution in [1.29, 1.82) is 0 Å². The third-order valence-electron chi connectivity index (χ3n) is 3.87. The highest BCUT2D eigenvalue weighted by atomic mass is 16.8. The van der Waals surface area contributed by atoms with Crippen LogP contribution in [0.5, 0.6) is 5.75 Å². The van der Waals surface area contributed by atoms with E-state index in [1.165, 1.54) is 29.6 Å². The monoisotopic (exact) mass is 275 g/mol. The number of aliphatic hydroxyl groups excluding tert-OH is 1. The quantitative estimate of drug-likeness (QED) is 0.640. The van der Waals surface area contributed by atoms with E-state index >= 15 is 0 Å². The van der Waals surface area contributed by atoms with Gasteiger partial charge in [-0.3, -0.25) is 4.84 Å². The number of aliphatic hydroxyl groups is 1. The average molecular weight is 275 g/mol. The van der Waals surface area contributed by atoms with Crippen molar-refractivity contribution in [3.05, 3.63) is 35.4 Å². The summed E-state index contributed by atoms with van der Waals surface area (Å²) in [7, 11) is 0. The van der Waals surface area contributed by atoms with Gasteiger partial charge in [-0.1, -0.05) is 18.2 Å². The van der Waals surface area contributed by atoms with Gasteiger partial charge in [0, 0.05) is 24.3 Å². The largest absolute Gasteiger partial charge is 0.459 e. The van der Waals surface area contributed by atoms with Gasteiger partial charge in [0.1, 0.15) is 5.75 Å². The molecule has 1 heterocycles. The van der Waals surface area contributed by atoms with Gasteiger partial charge in [0.25, 0.3) is 0 Å². The Morgan fingerprint density at radius 3 is 3.00 bits per heavy atom. The third-order valence-corrected chi connectivity index (χ3v) is 3.87. The molecule has 1 aliphatic carbocycles. The molecule has 0 saturated heterocycles. The molecule has 20 heavy (non-hydrogen) atoms. The van der Waals surface area contributed by atoms with Crippen LogP contribution in [0.4, 0.5) is 0 Å². The molecular formula is C16H21NO3. The number of hydroxylamine groups is 1. The first-order chi connectivity index (χ1) is 9.90. The number of benzene rings is 1. The maximum Gasteiger partial charge on any atom is 0.240 e. The molecular weight excluding hydrogens is 254 g/mol. The summed E-state index contributed by atoms with van der Waals surface area (Å²) < 4.78 is 5.98. The van der Waals surface area contributed by atoms with Crippen LogP contribution in [-0.4, -0.2) is 24.5 Å². The number of hydrogen-bond acceptors (Lipinski definition) is 4. The summed E-state index contributed by atoms with van der Waals surface area (Å²) in [5.41, 5.74) is 6.79. The highest BCUT2D eigenvalue weighted by Crippen LogP contribution is 2.42. The fourth-order valence-electron chi connectivity index (χ4n) is 2.88. The summed E-state index contributed by atoms with van der Waals surface area (Å²) in [5.74, 6) is 0.905. The molecule has 108 valence electrons. The van der Waals surface area contributed by atoms with E-state index in [1.54, 1.807) is 0 Å². The Bertz CT molecular complexity index is 498. The number of hydrogen-bond donors (Lipinski definition) is 2. The zero-order valence-corrected chi connectivity index (χ0v) is 11.6. The lowest BCUT2D eigenvalue weighted by Crippen LogP contribution is -2.34. The highest BCUT2D eigenvalue weighted by Gasteiger charge is 2.30. The van der Waals surface area contributed by atoms with Crippen molar-refractivity contribution < 1.29 is 14.7 Å². The Labute approximate surface area is 119 Å². The molecule has 0 radical (unpaired) electrons. The van der Waals surface area contributed by atoms with E-state index in [9.17, 15) is 0 Å². The number of ether oxygens (including phenoxy) is 1. The van der Waals surface area contributed by atoms with E-state index in [2.05, 4.69) is 17.6 Å². The van der Waals surface area contributed by atoms with Crippen LogP contribution >= 0.6 is 0 Å². The first-order valence-corrected chi connectivity index (χ1v) is 7.37. The molecule has 1 aromatic carbocycles. The molecule has 1 unspecified atom stereocenters. The van der Waals surface area contributed by atoms with Gasteiger partial charge < -0.3 is 9.84 Å². The lowest BCUT2D eigenvalue weighted by molar-refractivity contribution is -0.111. The first kappa shape index (κ1) is 13.6. The van der Waals surface area contributed by atoms with E-state index in [1.807, 2.05) is 12.1 Å². The van der Waals surface area contributed by atoms with Gasteiger partial charge in [0.15, 0.2) is 0 Å². The topological polar surface area (TPSA) is 50.7 Å². The normalized spacial score (nSPS) is 21.1. The molecule has 0 fully saturated rings. The average Bonchev–Trinajstić information content (AvgIpc) is 2.51. The van der Waals surface area contributed by atoms with Crippen LogP contribution in [0, 0.1) is 0 Å². The summed E-state index contributed by atoms with van der Waals surface area (Å²) >= 11 is 0. The second kappa shape index (κ2) is 6.39. The Hall–Kier alpha value is -1.36. The van der Waals surface area contributed by atoms with Crippen LogP contribution in [0.1, 0.15) is 37.7 Å². The van der Waals surface area contributed by atoms with E-state index < -0.39 is 0 Å². The lowest BCUT2D eigenvalue weighted by Gasteiger charge is -2.33. The summed E-state index contributed by atoms with van der Waals surface area (Å²) in [6, 6.07) is 8.18. The number of nitrogens with one attached hydrogen (secondary N) is 1. The fraction of sp³-hybridized carbons (Fsp3) is 0.500. The van der Waals surface area contributed by atoms with Gasteiger partial charge in [0.05, 0.1) is 0 Å². The van der Waals surface area contributed by atoms with E-state index in [0.717, 1.165) is 18.6 Å². The van der Waals surface area contributed by atoms with Crippen molar-refractivity contribution in [2.75, 3.05) is 13.2 Å². The minimum absolute atomic E-state index is 0.165. The van der Waals surface area contributed by atoms with Crippen molar-refractivity contribution in [2.45, 2.75) is 38.4 Å². The van der Waals surface area contributed by atoms with Crippen molar-refractivity contribution >= 4 is 5.57 Å². The van der Waals surface area contributed by atoms with Crippen molar-refractivity contribution in [3.63, 3.8) is 0 Å². The first-order valence-electron chi connectivity index (χ1n) is 7.37. The van der Waals surface area contributed by atoms with Gasteiger partial charge in [0.2, 0.25) is 6.29 Å². The molecule has 4 heteroatoms. The highest BCUT2D eigenvalue weighted by molar-refractivity contribution is 5.75. The van der Waals surface area contributed by atoms with Gasteiger partial charge in [-0.05, 0) is 43.7 Å². The zero-order chi connectivity index (χ0) is 13.8. The number of para-hydroxylation sites is 1. The van der Waals surface area contributed by atoms with Gasteiger partial charge in [-0.25, -0.2) is 0 Å². The number of allylic oxidation sites excluding steroid dienone is 1. The third kappa shape index (κ3) is 2.73. The predicted molar refractivity (Wildman–Crippen MR) is 77.0 cm³/mol. The van der Waals surface area contributed by atoms with Crippen LogP contribution in [0.15, 0.2) is 29.8 Å². The molecule has 0 amide bonds. The van der Waals surface area contributed by atoms with E-state index in [-0.39, 0.29) is 12.9 Å². The smallest absolute Gasteiger partial charge is 0.240 e. The fourth-order valence-corrected chi connectivity index (χ4v) is 2.88. The second-order valence-electron chi connectivity index (χ2n) is 5.25. The van der Waals surface area contributed by atoms with Crippen molar-refractivity contribution in [3.8, 4) is 5.75 Å². The minimum atomic E-state index is -0.334. The Morgan fingerprint density at radius 2 is 2.10 bits per heavy atom. The molecule has 4 nitrogen and oxygen atoms in total. The summed E-state index contributed by atoms with van der Waals surface area (Å²) in [6.45, 7) is 0.791. The van der Waals surface area contributed by atoms with Crippen LogP contribution in [0.25, 0.3) is 5.57 Å². The van der Waals surface area contributed by atoms with Crippen molar-refractivity contribution in [1.82, 2.24) is 5.48 Å². The molecule has 2 N–H and O–H groups in total. The molecule has 2 aliphatic rings. The Kier molecular flexibility index (Phi) is 4.35. The lowest BCUT2D eigenvalue weighted by atomic mass is 9.85. The summed E-state index contributed by atoms with van der Waals surface area (Å²) in [6.07, 6.45) is 4.91. The molecule has 3 rings (SSSR count). The van der Waals surface area contributed by atoms with Crippen molar-refractivity contribution in [2.24, 2.45) is 0 Å². The standard InChI is InChI=1S/C16H21NO3/c18-11-5-10-17-20-16-14-8-2-1-6-12(14)13-7-3-4-9-15(13)19-16/h3-4,7,9,16-18H,1-2,5-6,8,10-11H2. The molecule has 1 atom stereocenters. The summed E-state index contributed by atoms with van der Waals surface area (Å²) in [5, 5.41) is 8.78. The molecule has 1 aliphatic heterocycles. The van der Waals surface area contributed by atoms with Crippen LogP contribution in [0.2, 0.25) is 0 Å². The minimum Gasteiger partial charge on any atom is -0.459 e. The Balaban J connectivity index is 1.79. The molecule has 0 aromatic heterocycles. The maximum atomic E-state index is 8.78. The molecule has 1 aromatic rings. The van der Waals surface area contributed by atoms with Crippen LogP contribution < -0.4 is 10.2 Å².